The lowest BCUT2D eigenvalue weighted by atomic mass is 9.80. The topological polar surface area (TPSA) is 73.9 Å². The number of fused-ring (bicyclic) bond motifs is 1. The number of rotatable bonds is 8. The Kier molecular flexibility index (Phi) is 8.38. The van der Waals surface area contributed by atoms with Gasteiger partial charge in [-0.1, -0.05) is 52.0 Å². The summed E-state index contributed by atoms with van der Waals surface area (Å²) in [6, 6.07) is 12.1. The van der Waals surface area contributed by atoms with Gasteiger partial charge in [-0.05, 0) is 72.9 Å². The molecule has 1 N–H and O–H groups in total. The van der Waals surface area contributed by atoms with Crippen molar-refractivity contribution in [3.63, 3.8) is 0 Å². The number of amides is 1. The van der Waals surface area contributed by atoms with Gasteiger partial charge >= 0.3 is 0 Å². The lowest BCUT2D eigenvalue weighted by Crippen LogP contribution is -2.43. The molecule has 6 nitrogen and oxygen atoms in total. The van der Waals surface area contributed by atoms with E-state index in [1.165, 1.54) is 6.26 Å². The molecule has 1 fully saturated rings. The molecule has 0 saturated heterocycles. The SMILES string of the molecule is Cc1cc(C)cc(OC2=COC3CC(OCC(=O)Nc4c(C(C)C)cccc4C(C)C)CCC3C2=O)c1. The van der Waals surface area contributed by atoms with Crippen molar-refractivity contribution in [1.82, 2.24) is 0 Å². The number of carbonyl (C=O) groups is 2. The van der Waals surface area contributed by atoms with Crippen molar-refractivity contribution in [2.75, 3.05) is 11.9 Å². The van der Waals surface area contributed by atoms with Crippen molar-refractivity contribution in [2.45, 2.75) is 84.8 Å². The second kappa shape index (κ2) is 11.5. The van der Waals surface area contributed by atoms with E-state index in [0.29, 0.717) is 36.8 Å². The van der Waals surface area contributed by atoms with Gasteiger partial charge in [0, 0.05) is 12.1 Å². The van der Waals surface area contributed by atoms with E-state index >= 15 is 0 Å². The summed E-state index contributed by atoms with van der Waals surface area (Å²) in [6.45, 7) is 12.5. The fourth-order valence-corrected chi connectivity index (χ4v) is 5.34. The van der Waals surface area contributed by atoms with Crippen LogP contribution in [0.15, 0.2) is 48.4 Å². The van der Waals surface area contributed by atoms with Crippen molar-refractivity contribution < 1.29 is 23.8 Å². The van der Waals surface area contributed by atoms with Crippen molar-refractivity contribution in [3.05, 3.63) is 70.7 Å². The molecule has 2 aromatic carbocycles. The van der Waals surface area contributed by atoms with Gasteiger partial charge in [0.2, 0.25) is 17.4 Å². The number of Topliss-reactive ketones (excluding diaryl/α,β-unsaturated/α-hetero) is 1. The number of para-hydroxylation sites is 1. The first-order chi connectivity index (χ1) is 17.6. The highest BCUT2D eigenvalue weighted by Crippen LogP contribution is 2.36. The normalized spacial score (nSPS) is 21.4. The van der Waals surface area contributed by atoms with Gasteiger partial charge in [0.05, 0.1) is 12.0 Å². The number of benzene rings is 2. The molecule has 1 heterocycles. The molecule has 0 radical (unpaired) electrons. The van der Waals surface area contributed by atoms with Gasteiger partial charge in [0.1, 0.15) is 24.7 Å². The minimum Gasteiger partial charge on any atom is -0.493 e. The molecule has 1 aliphatic carbocycles. The van der Waals surface area contributed by atoms with E-state index in [2.05, 4.69) is 51.2 Å². The maximum Gasteiger partial charge on any atom is 0.250 e. The minimum atomic E-state index is -0.268. The van der Waals surface area contributed by atoms with Gasteiger partial charge in [-0.15, -0.1) is 0 Å². The Hall–Kier alpha value is -3.12. The Morgan fingerprint density at radius 1 is 1.03 bits per heavy atom. The summed E-state index contributed by atoms with van der Waals surface area (Å²) < 4.78 is 17.8. The zero-order valence-electron chi connectivity index (χ0n) is 22.8. The van der Waals surface area contributed by atoms with Crippen LogP contribution in [0.3, 0.4) is 0 Å². The van der Waals surface area contributed by atoms with Crippen LogP contribution in [0.2, 0.25) is 0 Å². The van der Waals surface area contributed by atoms with Crippen LogP contribution in [-0.4, -0.2) is 30.5 Å². The Bertz CT molecular complexity index is 1140. The molecule has 1 saturated carbocycles. The minimum absolute atomic E-state index is 0.0295. The third kappa shape index (κ3) is 6.42. The number of carbonyl (C=O) groups excluding carboxylic acids is 2. The molecule has 1 aliphatic heterocycles. The first-order valence-electron chi connectivity index (χ1n) is 13.3. The highest BCUT2D eigenvalue weighted by atomic mass is 16.5. The number of ketones is 1. The molecule has 0 aromatic heterocycles. The average Bonchev–Trinajstić information content (AvgIpc) is 2.83. The molecule has 4 rings (SSSR count). The molecular formula is C31H39NO5. The van der Waals surface area contributed by atoms with E-state index in [1.54, 1.807) is 0 Å². The number of hydrogen-bond donors (Lipinski definition) is 1. The van der Waals surface area contributed by atoms with Crippen LogP contribution in [0.5, 0.6) is 5.75 Å². The maximum atomic E-state index is 13.1. The van der Waals surface area contributed by atoms with Gasteiger partial charge in [0.25, 0.3) is 0 Å². The summed E-state index contributed by atoms with van der Waals surface area (Å²) in [6.07, 6.45) is 2.93. The Morgan fingerprint density at radius 2 is 1.68 bits per heavy atom. The predicted octanol–water partition coefficient (Wildman–Crippen LogP) is 6.56. The zero-order valence-corrected chi connectivity index (χ0v) is 22.8. The van der Waals surface area contributed by atoms with E-state index in [1.807, 2.05) is 32.0 Å². The van der Waals surface area contributed by atoms with Crippen molar-refractivity contribution >= 4 is 17.4 Å². The third-order valence-electron chi connectivity index (χ3n) is 7.18. The number of allylic oxidation sites excluding steroid dienone is 1. The van der Waals surface area contributed by atoms with E-state index < -0.39 is 0 Å². The van der Waals surface area contributed by atoms with Crippen LogP contribution in [0.1, 0.15) is 81.0 Å². The zero-order chi connectivity index (χ0) is 26.7. The molecule has 6 heteroatoms. The number of hydrogen-bond acceptors (Lipinski definition) is 5. The first kappa shape index (κ1) is 26.9. The fraction of sp³-hybridized carbons (Fsp3) is 0.484. The van der Waals surface area contributed by atoms with Gasteiger partial charge < -0.3 is 19.5 Å². The molecular weight excluding hydrogens is 466 g/mol. The second-order valence-electron chi connectivity index (χ2n) is 11.0. The molecule has 37 heavy (non-hydrogen) atoms. The molecule has 0 spiro atoms. The molecule has 3 atom stereocenters. The van der Waals surface area contributed by atoms with Crippen molar-refractivity contribution in [3.8, 4) is 5.75 Å². The fourth-order valence-electron chi connectivity index (χ4n) is 5.34. The van der Waals surface area contributed by atoms with Crippen LogP contribution >= 0.6 is 0 Å². The summed E-state index contributed by atoms with van der Waals surface area (Å²) in [5.74, 6) is 1.02. The molecule has 198 valence electrons. The highest BCUT2D eigenvalue weighted by Gasteiger charge is 2.41. The Morgan fingerprint density at radius 3 is 2.30 bits per heavy atom. The van der Waals surface area contributed by atoms with Crippen LogP contribution in [0.4, 0.5) is 5.69 Å². The number of ether oxygens (including phenoxy) is 3. The summed E-state index contributed by atoms with van der Waals surface area (Å²) in [4.78, 5) is 26.0. The summed E-state index contributed by atoms with van der Waals surface area (Å²) in [7, 11) is 0. The van der Waals surface area contributed by atoms with Gasteiger partial charge in [0.15, 0.2) is 0 Å². The standard InChI is InChI=1S/C31H39NO5/c1-18(2)24-8-7-9-25(19(3)4)30(24)32-29(33)17-35-22-10-11-26-27(15-22)36-16-28(31(26)34)37-23-13-20(5)12-21(6)14-23/h7-9,12-14,16,18-19,22,26-27H,10-11,15,17H2,1-6H3,(H,32,33). The average molecular weight is 506 g/mol. The van der Waals surface area contributed by atoms with Crippen molar-refractivity contribution in [2.24, 2.45) is 5.92 Å². The largest absolute Gasteiger partial charge is 0.493 e. The summed E-state index contributed by atoms with van der Waals surface area (Å²) in [5.41, 5.74) is 5.30. The van der Waals surface area contributed by atoms with Gasteiger partial charge in [-0.25, -0.2) is 0 Å². The van der Waals surface area contributed by atoms with E-state index in [9.17, 15) is 9.59 Å². The summed E-state index contributed by atoms with van der Waals surface area (Å²) >= 11 is 0. The highest BCUT2D eigenvalue weighted by molar-refractivity contribution is 5.96. The number of aryl methyl sites for hydroxylation is 2. The molecule has 2 aliphatic rings. The third-order valence-corrected chi connectivity index (χ3v) is 7.18. The predicted molar refractivity (Wildman–Crippen MR) is 145 cm³/mol. The van der Waals surface area contributed by atoms with Crippen LogP contribution < -0.4 is 10.1 Å². The van der Waals surface area contributed by atoms with E-state index in [-0.39, 0.29) is 42.2 Å². The first-order valence-corrected chi connectivity index (χ1v) is 13.3. The number of nitrogens with one attached hydrogen (secondary N) is 1. The van der Waals surface area contributed by atoms with Crippen LogP contribution in [-0.2, 0) is 19.1 Å². The van der Waals surface area contributed by atoms with Crippen molar-refractivity contribution in [1.29, 1.82) is 0 Å². The quantitative estimate of drug-likeness (QED) is 0.440. The second-order valence-corrected chi connectivity index (χ2v) is 11.0. The lowest BCUT2D eigenvalue weighted by molar-refractivity contribution is -0.136. The number of anilines is 1. The van der Waals surface area contributed by atoms with Crippen LogP contribution in [0, 0.1) is 19.8 Å². The van der Waals surface area contributed by atoms with Gasteiger partial charge in [-0.2, -0.15) is 0 Å². The Labute approximate surface area is 220 Å². The maximum absolute atomic E-state index is 13.1. The smallest absolute Gasteiger partial charge is 0.250 e. The molecule has 1 amide bonds. The monoisotopic (exact) mass is 505 g/mol. The van der Waals surface area contributed by atoms with E-state index in [0.717, 1.165) is 27.9 Å². The van der Waals surface area contributed by atoms with Gasteiger partial charge in [-0.3, -0.25) is 9.59 Å². The molecule has 2 aromatic rings. The van der Waals surface area contributed by atoms with E-state index in [4.69, 9.17) is 14.2 Å². The van der Waals surface area contributed by atoms with Crippen LogP contribution in [0.25, 0.3) is 0 Å². The Balaban J connectivity index is 1.34. The summed E-state index contributed by atoms with van der Waals surface area (Å²) in [5, 5.41) is 3.11. The lowest BCUT2D eigenvalue weighted by Gasteiger charge is -2.37. The molecule has 3 unspecified atom stereocenters. The molecule has 0 bridgehead atoms.